The van der Waals surface area contributed by atoms with Crippen LogP contribution in [-0.4, -0.2) is 17.0 Å². The lowest BCUT2D eigenvalue weighted by atomic mass is 9.63. The summed E-state index contributed by atoms with van der Waals surface area (Å²) in [4.78, 5) is 22.9. The van der Waals surface area contributed by atoms with Crippen molar-refractivity contribution in [2.45, 2.75) is 51.4 Å². The van der Waals surface area contributed by atoms with Gasteiger partial charge in [0.1, 0.15) is 5.94 Å². The van der Waals surface area contributed by atoms with Gasteiger partial charge < -0.3 is 5.11 Å². The lowest BCUT2D eigenvalue weighted by molar-refractivity contribution is -0.131. The zero-order valence-corrected chi connectivity index (χ0v) is 16.9. The smallest absolute Gasteiger partial charge is 0.328 e. The minimum absolute atomic E-state index is 0.0393. The van der Waals surface area contributed by atoms with Crippen molar-refractivity contribution in [3.8, 4) is 0 Å². The monoisotopic (exact) mass is 374 g/mol. The van der Waals surface area contributed by atoms with Crippen LogP contribution in [0.5, 0.6) is 0 Å². The van der Waals surface area contributed by atoms with Gasteiger partial charge in [-0.25, -0.2) is 9.59 Å². The van der Waals surface area contributed by atoms with Crippen LogP contribution in [0.2, 0.25) is 0 Å². The van der Waals surface area contributed by atoms with Crippen molar-refractivity contribution in [3.05, 3.63) is 76.4 Å². The Balaban J connectivity index is 2.14. The molecular formula is C25H26O3. The first-order chi connectivity index (χ1) is 13.2. The fourth-order valence-corrected chi connectivity index (χ4v) is 4.04. The molecule has 0 atom stereocenters. The van der Waals surface area contributed by atoms with Crippen molar-refractivity contribution < 1.29 is 14.7 Å². The van der Waals surface area contributed by atoms with Crippen LogP contribution in [0, 0.1) is 0 Å². The first kappa shape index (κ1) is 19.9. The van der Waals surface area contributed by atoms with Gasteiger partial charge in [-0.3, -0.25) is 0 Å². The van der Waals surface area contributed by atoms with Crippen molar-refractivity contribution in [3.63, 3.8) is 0 Å². The number of rotatable bonds is 4. The summed E-state index contributed by atoms with van der Waals surface area (Å²) in [5.74, 6) is 1.08. The van der Waals surface area contributed by atoms with Crippen LogP contribution in [0.4, 0.5) is 0 Å². The quantitative estimate of drug-likeness (QED) is 0.576. The molecule has 0 aromatic heterocycles. The maximum Gasteiger partial charge on any atom is 0.328 e. The van der Waals surface area contributed by atoms with E-state index in [2.05, 4.69) is 45.8 Å². The number of carboxylic acid groups (broad SMARTS) is 1. The summed E-state index contributed by atoms with van der Waals surface area (Å²) in [6, 6.07) is 13.5. The molecule has 1 aliphatic rings. The Hall–Kier alpha value is -2.90. The van der Waals surface area contributed by atoms with Crippen molar-refractivity contribution in [2.24, 2.45) is 0 Å². The van der Waals surface area contributed by atoms with Gasteiger partial charge in [0, 0.05) is 11.6 Å². The third-order valence-corrected chi connectivity index (χ3v) is 5.88. The van der Waals surface area contributed by atoms with Crippen LogP contribution in [0.3, 0.4) is 0 Å². The summed E-state index contributed by atoms with van der Waals surface area (Å²) in [6.07, 6.45) is 4.82. The van der Waals surface area contributed by atoms with Gasteiger partial charge in [-0.05, 0) is 58.1 Å². The number of fused-ring (bicyclic) bond motifs is 1. The Morgan fingerprint density at radius 1 is 1.00 bits per heavy atom. The molecule has 1 N–H and O–H groups in total. The fraction of sp³-hybridized carbons (Fsp3) is 0.320. The third-order valence-electron chi connectivity index (χ3n) is 5.88. The normalized spacial score (nSPS) is 17.0. The number of aliphatic carboxylic acids is 1. The van der Waals surface area contributed by atoms with Crippen molar-refractivity contribution in [1.82, 2.24) is 0 Å². The molecule has 28 heavy (non-hydrogen) atoms. The number of hydrogen-bond acceptors (Lipinski definition) is 2. The molecule has 0 radical (unpaired) electrons. The molecule has 144 valence electrons. The van der Waals surface area contributed by atoms with E-state index < -0.39 is 5.97 Å². The van der Waals surface area contributed by atoms with Gasteiger partial charge in [-0.1, -0.05) is 64.1 Å². The van der Waals surface area contributed by atoms with Gasteiger partial charge in [0.2, 0.25) is 0 Å². The topological polar surface area (TPSA) is 54.4 Å². The number of carboxylic acids is 1. The Kier molecular flexibility index (Phi) is 5.14. The lowest BCUT2D eigenvalue weighted by Crippen LogP contribution is -2.33. The maximum atomic E-state index is 12.0. The Bertz CT molecular complexity index is 1000. The van der Waals surface area contributed by atoms with Crippen molar-refractivity contribution in [2.75, 3.05) is 0 Å². The average molecular weight is 374 g/mol. The SMILES string of the molecule is CC1(C)CCC(C)(C)c2cc(C(=C=O)c3ccccc3/C=C/C(=O)O)ccc21. The fourth-order valence-electron chi connectivity index (χ4n) is 4.04. The Morgan fingerprint density at radius 2 is 1.64 bits per heavy atom. The van der Waals surface area contributed by atoms with Gasteiger partial charge in [0.25, 0.3) is 0 Å². The maximum absolute atomic E-state index is 12.0. The first-order valence-electron chi connectivity index (χ1n) is 9.57. The van der Waals surface area contributed by atoms with E-state index in [0.717, 1.165) is 24.5 Å². The highest BCUT2D eigenvalue weighted by atomic mass is 16.4. The lowest BCUT2D eigenvalue weighted by Gasteiger charge is -2.42. The summed E-state index contributed by atoms with van der Waals surface area (Å²) in [7, 11) is 0. The van der Waals surface area contributed by atoms with Gasteiger partial charge >= 0.3 is 5.97 Å². The molecule has 3 nitrogen and oxygen atoms in total. The Morgan fingerprint density at radius 3 is 2.29 bits per heavy atom. The van der Waals surface area contributed by atoms with Crippen molar-refractivity contribution >= 4 is 23.6 Å². The van der Waals surface area contributed by atoms with Crippen LogP contribution in [0.15, 0.2) is 48.5 Å². The van der Waals surface area contributed by atoms with E-state index in [0.29, 0.717) is 16.7 Å². The highest BCUT2D eigenvalue weighted by Gasteiger charge is 2.37. The summed E-state index contributed by atoms with van der Waals surface area (Å²) in [5.41, 5.74) is 5.38. The van der Waals surface area contributed by atoms with E-state index in [1.54, 1.807) is 6.07 Å². The van der Waals surface area contributed by atoms with Gasteiger partial charge in [-0.2, -0.15) is 0 Å². The molecule has 2 aromatic carbocycles. The molecule has 3 rings (SSSR count). The van der Waals surface area contributed by atoms with Crippen LogP contribution >= 0.6 is 0 Å². The van der Waals surface area contributed by atoms with Crippen LogP contribution in [0.1, 0.15) is 68.4 Å². The number of benzene rings is 2. The standard InChI is InChI=1S/C25H26O3/c1-24(2)13-14-25(3,4)22-15-18(9-11-21(22)24)20(16-26)19-8-6-5-7-17(19)10-12-23(27)28/h5-12,15H,13-14H2,1-4H3,(H,27,28)/b12-10+. The predicted molar refractivity (Wildman–Crippen MR) is 113 cm³/mol. The molecule has 3 heteroatoms. The largest absolute Gasteiger partial charge is 0.478 e. The summed E-state index contributed by atoms with van der Waals surface area (Å²) < 4.78 is 0. The third kappa shape index (κ3) is 3.72. The minimum Gasteiger partial charge on any atom is -0.478 e. The van der Waals surface area contributed by atoms with E-state index in [-0.39, 0.29) is 10.8 Å². The minimum atomic E-state index is -1.02. The van der Waals surface area contributed by atoms with E-state index in [9.17, 15) is 9.59 Å². The second-order valence-electron chi connectivity index (χ2n) is 8.76. The number of hydrogen-bond donors (Lipinski definition) is 1. The molecule has 0 spiro atoms. The molecule has 1 aliphatic carbocycles. The van der Waals surface area contributed by atoms with E-state index in [4.69, 9.17) is 5.11 Å². The molecule has 0 saturated heterocycles. The number of carbonyl (C=O) groups excluding carboxylic acids is 1. The van der Waals surface area contributed by atoms with E-state index in [1.165, 1.54) is 17.2 Å². The highest BCUT2D eigenvalue weighted by Crippen LogP contribution is 2.46. The van der Waals surface area contributed by atoms with Crippen LogP contribution in [-0.2, 0) is 20.4 Å². The molecule has 0 aliphatic heterocycles. The van der Waals surface area contributed by atoms with E-state index in [1.807, 2.05) is 24.3 Å². The number of carbonyl (C=O) groups is 1. The molecule has 0 heterocycles. The summed E-state index contributed by atoms with van der Waals surface area (Å²) >= 11 is 0. The Labute approximate surface area is 166 Å². The van der Waals surface area contributed by atoms with Gasteiger partial charge in [-0.15, -0.1) is 0 Å². The van der Waals surface area contributed by atoms with E-state index >= 15 is 0 Å². The zero-order chi connectivity index (χ0) is 20.5. The highest BCUT2D eigenvalue weighted by molar-refractivity contribution is 6.00. The van der Waals surface area contributed by atoms with Gasteiger partial charge in [0.05, 0.1) is 5.57 Å². The van der Waals surface area contributed by atoms with Crippen LogP contribution < -0.4 is 0 Å². The second-order valence-corrected chi connectivity index (χ2v) is 8.76. The summed E-state index contributed by atoms with van der Waals surface area (Å²) in [6.45, 7) is 9.03. The molecule has 2 aromatic rings. The molecule has 0 saturated carbocycles. The van der Waals surface area contributed by atoms with Crippen molar-refractivity contribution in [1.29, 1.82) is 0 Å². The molecule has 0 amide bonds. The molecule has 0 fully saturated rings. The second kappa shape index (κ2) is 7.26. The van der Waals surface area contributed by atoms with Crippen LogP contribution in [0.25, 0.3) is 11.6 Å². The zero-order valence-electron chi connectivity index (χ0n) is 16.9. The molecule has 0 unspecified atom stereocenters. The first-order valence-corrected chi connectivity index (χ1v) is 9.57. The average Bonchev–Trinajstić information content (AvgIpc) is 2.65. The summed E-state index contributed by atoms with van der Waals surface area (Å²) in [5, 5.41) is 8.95. The predicted octanol–water partition coefficient (Wildman–Crippen LogP) is 5.40. The molecular weight excluding hydrogens is 348 g/mol. The van der Waals surface area contributed by atoms with Gasteiger partial charge in [0.15, 0.2) is 0 Å². The molecule has 0 bridgehead atoms.